The highest BCUT2D eigenvalue weighted by Crippen LogP contribution is 2.32. The number of alkyl halides is 2. The molecule has 3 amide bonds. The average Bonchev–Trinajstić information content (AvgIpc) is 3.32. The molecule has 160 valence electrons. The van der Waals surface area contributed by atoms with Crippen LogP contribution in [0.3, 0.4) is 0 Å². The molecule has 2 heterocycles. The van der Waals surface area contributed by atoms with E-state index in [0.29, 0.717) is 47.9 Å². The van der Waals surface area contributed by atoms with Crippen LogP contribution in [-0.2, 0) is 13.1 Å². The molecular formula is C20H22ClF2N5O2. The zero-order chi connectivity index (χ0) is 21.4. The van der Waals surface area contributed by atoms with Crippen LogP contribution in [0.1, 0.15) is 35.3 Å². The summed E-state index contributed by atoms with van der Waals surface area (Å²) >= 11 is 6.07. The van der Waals surface area contributed by atoms with E-state index in [0.717, 1.165) is 0 Å². The Morgan fingerprint density at radius 2 is 2.07 bits per heavy atom. The lowest BCUT2D eigenvalue weighted by Crippen LogP contribution is -2.47. The van der Waals surface area contributed by atoms with Crippen molar-refractivity contribution in [1.29, 1.82) is 0 Å². The highest BCUT2D eigenvalue weighted by Gasteiger charge is 2.34. The van der Waals surface area contributed by atoms with Crippen LogP contribution in [0.2, 0.25) is 5.02 Å². The van der Waals surface area contributed by atoms with Crippen LogP contribution in [-0.4, -0.2) is 45.6 Å². The maximum atomic E-state index is 12.9. The Morgan fingerprint density at radius 1 is 1.27 bits per heavy atom. The SMILES string of the molecule is NC(=O)c1c(-c2cccc(Cl)c2)nn2c1CN(C(=O)N[C@H]1CC[C@H](C(F)F)C1)CC2. The molecule has 0 bridgehead atoms. The maximum absolute atomic E-state index is 12.9. The normalized spacial score (nSPS) is 21.0. The molecule has 2 aromatic rings. The minimum Gasteiger partial charge on any atom is -0.365 e. The third-order valence-electron chi connectivity index (χ3n) is 5.77. The van der Waals surface area contributed by atoms with Crippen molar-refractivity contribution in [2.45, 2.75) is 44.8 Å². The number of nitrogens with one attached hydrogen (secondary N) is 1. The molecule has 2 aliphatic rings. The van der Waals surface area contributed by atoms with Crippen molar-refractivity contribution in [3.63, 3.8) is 0 Å². The average molecular weight is 438 g/mol. The molecule has 0 radical (unpaired) electrons. The van der Waals surface area contributed by atoms with Crippen molar-refractivity contribution in [3.8, 4) is 11.3 Å². The highest BCUT2D eigenvalue weighted by molar-refractivity contribution is 6.30. The second kappa shape index (κ2) is 8.22. The summed E-state index contributed by atoms with van der Waals surface area (Å²) in [6.45, 7) is 0.940. The number of aromatic nitrogens is 2. The smallest absolute Gasteiger partial charge is 0.318 e. The zero-order valence-corrected chi connectivity index (χ0v) is 16.9. The van der Waals surface area contributed by atoms with E-state index in [-0.39, 0.29) is 30.6 Å². The Balaban J connectivity index is 1.53. The fraction of sp³-hybridized carbons (Fsp3) is 0.450. The first-order valence-corrected chi connectivity index (χ1v) is 10.2. The molecule has 1 saturated carbocycles. The summed E-state index contributed by atoms with van der Waals surface area (Å²) in [6, 6.07) is 6.37. The number of nitrogens with zero attached hydrogens (tertiary/aromatic N) is 3. The summed E-state index contributed by atoms with van der Waals surface area (Å²) in [4.78, 5) is 26.5. The molecule has 2 atom stereocenters. The molecule has 0 saturated heterocycles. The van der Waals surface area contributed by atoms with E-state index >= 15 is 0 Å². The maximum Gasteiger partial charge on any atom is 0.318 e. The summed E-state index contributed by atoms with van der Waals surface area (Å²) in [6.07, 6.45) is -1.14. The van der Waals surface area contributed by atoms with Gasteiger partial charge < -0.3 is 16.0 Å². The summed E-state index contributed by atoms with van der Waals surface area (Å²) in [5.74, 6) is -1.30. The van der Waals surface area contributed by atoms with Gasteiger partial charge in [0.2, 0.25) is 6.43 Å². The lowest BCUT2D eigenvalue weighted by molar-refractivity contribution is 0.0792. The van der Waals surface area contributed by atoms with Gasteiger partial charge in [-0.3, -0.25) is 9.48 Å². The van der Waals surface area contributed by atoms with E-state index in [1.807, 2.05) is 0 Å². The molecule has 1 aliphatic heterocycles. The highest BCUT2D eigenvalue weighted by atomic mass is 35.5. The summed E-state index contributed by atoms with van der Waals surface area (Å²) < 4.78 is 27.4. The largest absolute Gasteiger partial charge is 0.365 e. The lowest BCUT2D eigenvalue weighted by Gasteiger charge is -2.29. The third-order valence-corrected chi connectivity index (χ3v) is 6.00. The van der Waals surface area contributed by atoms with E-state index < -0.39 is 18.3 Å². The molecule has 1 aromatic heterocycles. The molecule has 3 N–H and O–H groups in total. The second-order valence-corrected chi connectivity index (χ2v) is 8.18. The van der Waals surface area contributed by atoms with Crippen LogP contribution >= 0.6 is 11.6 Å². The minimum atomic E-state index is -2.36. The van der Waals surface area contributed by atoms with E-state index in [4.69, 9.17) is 17.3 Å². The second-order valence-electron chi connectivity index (χ2n) is 7.74. The molecule has 10 heteroatoms. The van der Waals surface area contributed by atoms with Gasteiger partial charge in [-0.15, -0.1) is 0 Å². The Morgan fingerprint density at radius 3 is 2.73 bits per heavy atom. The fourth-order valence-corrected chi connectivity index (χ4v) is 4.42. The number of halogens is 3. The fourth-order valence-electron chi connectivity index (χ4n) is 4.23. The Hall–Kier alpha value is -2.68. The van der Waals surface area contributed by atoms with Crippen LogP contribution in [0.4, 0.5) is 13.6 Å². The number of carbonyl (C=O) groups excluding carboxylic acids is 2. The van der Waals surface area contributed by atoms with E-state index in [1.165, 1.54) is 0 Å². The number of hydrogen-bond donors (Lipinski definition) is 2. The minimum absolute atomic E-state index is 0.155. The quantitative estimate of drug-likeness (QED) is 0.768. The number of benzene rings is 1. The zero-order valence-electron chi connectivity index (χ0n) is 16.2. The summed E-state index contributed by atoms with van der Waals surface area (Å²) in [5, 5.41) is 7.88. The molecule has 30 heavy (non-hydrogen) atoms. The number of nitrogens with two attached hydrogens (primary N) is 1. The molecule has 7 nitrogen and oxygen atoms in total. The number of hydrogen-bond acceptors (Lipinski definition) is 3. The number of fused-ring (bicyclic) bond motifs is 1. The predicted molar refractivity (Wildman–Crippen MR) is 107 cm³/mol. The van der Waals surface area contributed by atoms with Crippen LogP contribution < -0.4 is 11.1 Å². The summed E-state index contributed by atoms with van der Waals surface area (Å²) in [7, 11) is 0. The topological polar surface area (TPSA) is 93.2 Å². The van der Waals surface area contributed by atoms with Gasteiger partial charge in [-0.1, -0.05) is 23.7 Å². The van der Waals surface area contributed by atoms with Gasteiger partial charge in [-0.25, -0.2) is 13.6 Å². The van der Waals surface area contributed by atoms with Gasteiger partial charge in [0.25, 0.3) is 5.91 Å². The van der Waals surface area contributed by atoms with Gasteiger partial charge in [0.15, 0.2) is 0 Å². The van der Waals surface area contributed by atoms with Crippen molar-refractivity contribution < 1.29 is 18.4 Å². The number of amides is 3. The monoisotopic (exact) mass is 437 g/mol. The number of primary amides is 1. The standard InChI is InChI=1S/C20H22ClF2N5O2/c21-13-3-1-2-11(8-13)17-16(19(24)29)15-10-27(6-7-28(15)26-17)20(30)25-14-5-4-12(9-14)18(22)23/h1-3,8,12,14,18H,4-7,9-10H2,(H2,24,29)(H,25,30)/t12-,14-/m0/s1. The summed E-state index contributed by atoms with van der Waals surface area (Å²) in [5.41, 5.74) is 7.54. The third kappa shape index (κ3) is 3.98. The van der Waals surface area contributed by atoms with Crippen molar-refractivity contribution in [2.75, 3.05) is 6.54 Å². The van der Waals surface area contributed by atoms with Crippen LogP contribution in [0.5, 0.6) is 0 Å². The predicted octanol–water partition coefficient (Wildman–Crippen LogP) is 3.26. The number of rotatable bonds is 4. The van der Waals surface area contributed by atoms with Gasteiger partial charge in [0, 0.05) is 29.1 Å². The van der Waals surface area contributed by atoms with Gasteiger partial charge >= 0.3 is 6.03 Å². The first-order chi connectivity index (χ1) is 14.3. The van der Waals surface area contributed by atoms with Gasteiger partial charge in [0.1, 0.15) is 5.69 Å². The van der Waals surface area contributed by atoms with E-state index in [1.54, 1.807) is 33.8 Å². The van der Waals surface area contributed by atoms with E-state index in [2.05, 4.69) is 10.4 Å². The van der Waals surface area contributed by atoms with Crippen LogP contribution in [0.25, 0.3) is 11.3 Å². The van der Waals surface area contributed by atoms with Gasteiger partial charge in [-0.2, -0.15) is 5.10 Å². The molecule has 1 aromatic carbocycles. The van der Waals surface area contributed by atoms with Crippen molar-refractivity contribution >= 4 is 23.5 Å². The number of carbonyl (C=O) groups is 2. The van der Waals surface area contributed by atoms with Crippen LogP contribution in [0, 0.1) is 5.92 Å². The van der Waals surface area contributed by atoms with Gasteiger partial charge in [0.05, 0.1) is 24.3 Å². The molecule has 1 fully saturated rings. The Labute approximate surface area is 177 Å². The lowest BCUT2D eigenvalue weighted by atomic mass is 10.0. The van der Waals surface area contributed by atoms with Crippen molar-refractivity contribution in [2.24, 2.45) is 11.7 Å². The van der Waals surface area contributed by atoms with Crippen molar-refractivity contribution in [1.82, 2.24) is 20.0 Å². The van der Waals surface area contributed by atoms with Crippen LogP contribution in [0.15, 0.2) is 24.3 Å². The first kappa shape index (κ1) is 20.6. The van der Waals surface area contributed by atoms with Gasteiger partial charge in [-0.05, 0) is 31.4 Å². The van der Waals surface area contributed by atoms with E-state index in [9.17, 15) is 18.4 Å². The molecule has 0 unspecified atom stereocenters. The molecule has 0 spiro atoms. The molecular weight excluding hydrogens is 416 g/mol. The first-order valence-electron chi connectivity index (χ1n) is 9.82. The van der Waals surface area contributed by atoms with Crippen molar-refractivity contribution in [3.05, 3.63) is 40.5 Å². The number of urea groups is 1. The molecule has 4 rings (SSSR count). The Bertz CT molecular complexity index is 980. The molecule has 1 aliphatic carbocycles. The Kier molecular flexibility index (Phi) is 5.64.